The molecule has 1 aromatic heterocycles. The van der Waals surface area contributed by atoms with Gasteiger partial charge in [0.1, 0.15) is 5.82 Å². The summed E-state index contributed by atoms with van der Waals surface area (Å²) in [6, 6.07) is 6.70. The first-order chi connectivity index (χ1) is 10.2. The lowest BCUT2D eigenvalue weighted by molar-refractivity contribution is -0.384. The van der Waals surface area contributed by atoms with Crippen LogP contribution in [-0.2, 0) is 19.5 Å². The highest BCUT2D eigenvalue weighted by atomic mass is 16.6. The molecule has 1 aromatic carbocycles. The van der Waals surface area contributed by atoms with Crippen LogP contribution in [0.2, 0.25) is 0 Å². The van der Waals surface area contributed by atoms with Crippen molar-refractivity contribution in [1.82, 2.24) is 14.9 Å². The summed E-state index contributed by atoms with van der Waals surface area (Å²) in [6.07, 6.45) is 5.75. The van der Waals surface area contributed by atoms with Gasteiger partial charge in [0.25, 0.3) is 5.69 Å². The monoisotopic (exact) mass is 288 g/mol. The van der Waals surface area contributed by atoms with E-state index in [1.54, 1.807) is 24.3 Å². The van der Waals surface area contributed by atoms with E-state index in [-0.39, 0.29) is 10.6 Å². The second-order valence-corrected chi connectivity index (χ2v) is 4.89. The van der Waals surface area contributed by atoms with Gasteiger partial charge in [0.15, 0.2) is 0 Å². The second kappa shape index (κ2) is 7.54. The molecule has 0 aliphatic carbocycles. The maximum atomic E-state index is 10.6. The minimum absolute atomic E-state index is 0.133. The van der Waals surface area contributed by atoms with Crippen LogP contribution in [0, 0.1) is 10.1 Å². The number of benzene rings is 1. The molecule has 2 aromatic rings. The Morgan fingerprint density at radius 3 is 2.76 bits per heavy atom. The van der Waals surface area contributed by atoms with Gasteiger partial charge in [0.05, 0.1) is 11.5 Å². The Hall–Kier alpha value is -2.21. The molecule has 2 rings (SSSR count). The molecule has 0 bridgehead atoms. The summed E-state index contributed by atoms with van der Waals surface area (Å²) in [5.41, 5.74) is 1.22. The summed E-state index contributed by atoms with van der Waals surface area (Å²) in [5.74, 6) is 1.04. The first-order valence-corrected chi connectivity index (χ1v) is 7.14. The van der Waals surface area contributed by atoms with Crippen LogP contribution < -0.4 is 5.32 Å². The van der Waals surface area contributed by atoms with Gasteiger partial charge in [-0.3, -0.25) is 10.1 Å². The highest BCUT2D eigenvalue weighted by molar-refractivity contribution is 5.32. The molecule has 0 spiro atoms. The van der Waals surface area contributed by atoms with Crippen LogP contribution >= 0.6 is 0 Å². The predicted molar refractivity (Wildman–Crippen MR) is 81.0 cm³/mol. The van der Waals surface area contributed by atoms with Crippen molar-refractivity contribution in [2.45, 2.75) is 32.9 Å². The molecular weight excluding hydrogens is 268 g/mol. The minimum atomic E-state index is -0.379. The van der Waals surface area contributed by atoms with Gasteiger partial charge >= 0.3 is 0 Å². The molecule has 112 valence electrons. The van der Waals surface area contributed by atoms with Gasteiger partial charge in [0.2, 0.25) is 0 Å². The second-order valence-electron chi connectivity index (χ2n) is 4.89. The highest BCUT2D eigenvalue weighted by Gasteiger charge is 2.04. The van der Waals surface area contributed by atoms with E-state index in [0.29, 0.717) is 0 Å². The van der Waals surface area contributed by atoms with Crippen LogP contribution in [0.5, 0.6) is 0 Å². The lowest BCUT2D eigenvalue weighted by Crippen LogP contribution is -2.19. The number of imidazole rings is 1. The van der Waals surface area contributed by atoms with E-state index in [4.69, 9.17) is 0 Å². The van der Waals surface area contributed by atoms with Gasteiger partial charge < -0.3 is 9.88 Å². The first kappa shape index (κ1) is 15.2. The zero-order valence-corrected chi connectivity index (χ0v) is 12.2. The van der Waals surface area contributed by atoms with Crippen molar-refractivity contribution in [1.29, 1.82) is 0 Å². The molecule has 1 heterocycles. The third kappa shape index (κ3) is 4.39. The van der Waals surface area contributed by atoms with Gasteiger partial charge in [-0.05, 0) is 24.9 Å². The Labute approximate surface area is 124 Å². The molecule has 6 nitrogen and oxygen atoms in total. The quantitative estimate of drug-likeness (QED) is 0.460. The Bertz CT molecular complexity index is 578. The van der Waals surface area contributed by atoms with Crippen LogP contribution in [0.1, 0.15) is 24.7 Å². The molecule has 0 aliphatic heterocycles. The van der Waals surface area contributed by atoms with Crippen LogP contribution in [0.25, 0.3) is 0 Å². The number of rotatable bonds is 8. The van der Waals surface area contributed by atoms with Crippen LogP contribution in [0.3, 0.4) is 0 Å². The zero-order valence-electron chi connectivity index (χ0n) is 12.2. The summed E-state index contributed by atoms with van der Waals surface area (Å²) in [4.78, 5) is 14.5. The molecule has 6 heteroatoms. The number of non-ortho nitro benzene ring substituents is 1. The molecule has 1 N–H and O–H groups in total. The number of nitro benzene ring substituents is 1. The Morgan fingerprint density at radius 1 is 1.33 bits per heavy atom. The summed E-state index contributed by atoms with van der Waals surface area (Å²) in [6.45, 7) is 4.68. The third-order valence-corrected chi connectivity index (χ3v) is 3.29. The van der Waals surface area contributed by atoms with Crippen LogP contribution in [0.4, 0.5) is 5.69 Å². The lowest BCUT2D eigenvalue weighted by atomic mass is 10.1. The lowest BCUT2D eigenvalue weighted by Gasteiger charge is -2.07. The van der Waals surface area contributed by atoms with Crippen LogP contribution in [-0.4, -0.2) is 21.0 Å². The SMILES string of the molecule is CCCn1ccnc1CNCCc1ccc([N+](=O)[O-])cc1. The summed E-state index contributed by atoms with van der Waals surface area (Å²) in [7, 11) is 0. The smallest absolute Gasteiger partial charge is 0.269 e. The predicted octanol–water partition coefficient (Wildman–Crippen LogP) is 2.53. The van der Waals surface area contributed by atoms with Crippen molar-refractivity contribution in [3.63, 3.8) is 0 Å². The van der Waals surface area contributed by atoms with Crippen molar-refractivity contribution in [3.05, 3.63) is 58.2 Å². The van der Waals surface area contributed by atoms with Gasteiger partial charge in [0, 0.05) is 31.1 Å². The van der Waals surface area contributed by atoms with Gasteiger partial charge in [-0.2, -0.15) is 0 Å². The molecule has 0 atom stereocenters. The summed E-state index contributed by atoms with van der Waals surface area (Å²) >= 11 is 0. The topological polar surface area (TPSA) is 73.0 Å². The molecule has 0 saturated heterocycles. The average Bonchev–Trinajstić information content (AvgIpc) is 2.92. The van der Waals surface area contributed by atoms with E-state index in [1.807, 2.05) is 12.4 Å². The van der Waals surface area contributed by atoms with Gasteiger partial charge in [-0.15, -0.1) is 0 Å². The van der Waals surface area contributed by atoms with E-state index in [0.717, 1.165) is 43.9 Å². The molecule has 0 unspecified atom stereocenters. The number of nitrogens with one attached hydrogen (secondary N) is 1. The molecule has 0 radical (unpaired) electrons. The largest absolute Gasteiger partial charge is 0.334 e. The van der Waals surface area contributed by atoms with Crippen molar-refractivity contribution in [2.75, 3.05) is 6.54 Å². The van der Waals surface area contributed by atoms with Crippen molar-refractivity contribution >= 4 is 5.69 Å². The van der Waals surface area contributed by atoms with E-state index in [2.05, 4.69) is 21.8 Å². The fourth-order valence-corrected chi connectivity index (χ4v) is 2.17. The fraction of sp³-hybridized carbons (Fsp3) is 0.400. The normalized spacial score (nSPS) is 10.7. The fourth-order valence-electron chi connectivity index (χ4n) is 2.17. The maximum Gasteiger partial charge on any atom is 0.269 e. The van der Waals surface area contributed by atoms with Gasteiger partial charge in [-0.25, -0.2) is 4.98 Å². The summed E-state index contributed by atoms with van der Waals surface area (Å²) < 4.78 is 2.15. The van der Waals surface area contributed by atoms with E-state index in [9.17, 15) is 10.1 Å². The third-order valence-electron chi connectivity index (χ3n) is 3.29. The number of aromatic nitrogens is 2. The van der Waals surface area contributed by atoms with Crippen LogP contribution in [0.15, 0.2) is 36.7 Å². The molecule has 0 aliphatic rings. The van der Waals surface area contributed by atoms with Gasteiger partial charge in [-0.1, -0.05) is 19.1 Å². The number of nitrogens with zero attached hydrogens (tertiary/aromatic N) is 3. The Kier molecular flexibility index (Phi) is 5.45. The van der Waals surface area contributed by atoms with E-state index in [1.165, 1.54) is 0 Å². The van der Waals surface area contributed by atoms with E-state index < -0.39 is 0 Å². The Balaban J connectivity index is 1.76. The minimum Gasteiger partial charge on any atom is -0.334 e. The number of aryl methyl sites for hydroxylation is 1. The molecule has 21 heavy (non-hydrogen) atoms. The van der Waals surface area contributed by atoms with Crippen molar-refractivity contribution in [3.8, 4) is 0 Å². The molecule has 0 saturated carbocycles. The zero-order chi connectivity index (χ0) is 15.1. The molecule has 0 amide bonds. The highest BCUT2D eigenvalue weighted by Crippen LogP contribution is 2.12. The molecular formula is C15H20N4O2. The Morgan fingerprint density at radius 2 is 2.10 bits per heavy atom. The van der Waals surface area contributed by atoms with E-state index >= 15 is 0 Å². The number of nitro groups is 1. The standard InChI is InChI=1S/C15H20N4O2/c1-2-10-18-11-9-17-15(18)12-16-8-7-13-3-5-14(6-4-13)19(20)21/h3-6,9,11,16H,2,7-8,10,12H2,1H3. The number of hydrogen-bond donors (Lipinski definition) is 1. The summed E-state index contributed by atoms with van der Waals surface area (Å²) in [5, 5.41) is 13.9. The molecule has 0 fully saturated rings. The average molecular weight is 288 g/mol. The maximum absolute atomic E-state index is 10.6. The number of hydrogen-bond acceptors (Lipinski definition) is 4. The van der Waals surface area contributed by atoms with Crippen molar-refractivity contribution < 1.29 is 4.92 Å². The first-order valence-electron chi connectivity index (χ1n) is 7.14. The van der Waals surface area contributed by atoms with Crippen molar-refractivity contribution in [2.24, 2.45) is 0 Å².